The predicted molar refractivity (Wildman–Crippen MR) is 97.9 cm³/mol. The number of halogens is 1. The molecule has 3 rings (SSSR count). The standard InChI is InChI=1S/C16H17N3O5S.ClH/c1-24-16-7-14(4-5-15(16)19(20)21)25(22,23)18-8-11-2-3-12-9-17-10-13(12)6-11;/h2-7,17-18H,8-10H2,1H3;1H. The summed E-state index contributed by atoms with van der Waals surface area (Å²) in [7, 11) is -2.56. The molecular weight excluding hydrogens is 382 g/mol. The molecule has 1 aliphatic heterocycles. The summed E-state index contributed by atoms with van der Waals surface area (Å²) in [6.45, 7) is 1.73. The van der Waals surface area contributed by atoms with Crippen LogP contribution in [0.1, 0.15) is 16.7 Å². The number of nitrogens with zero attached hydrogens (tertiary/aromatic N) is 1. The summed E-state index contributed by atoms with van der Waals surface area (Å²) in [5, 5.41) is 14.1. The molecule has 0 atom stereocenters. The molecule has 140 valence electrons. The van der Waals surface area contributed by atoms with E-state index in [1.165, 1.54) is 18.7 Å². The number of hydrogen-bond acceptors (Lipinski definition) is 6. The van der Waals surface area contributed by atoms with E-state index < -0.39 is 14.9 Å². The number of nitro benzene ring substituents is 1. The number of sulfonamides is 1. The van der Waals surface area contributed by atoms with Crippen LogP contribution in [0, 0.1) is 10.1 Å². The molecule has 0 amide bonds. The molecule has 0 saturated heterocycles. The van der Waals surface area contributed by atoms with Crippen molar-refractivity contribution in [2.45, 2.75) is 24.5 Å². The van der Waals surface area contributed by atoms with E-state index in [-0.39, 0.29) is 35.3 Å². The molecule has 0 aliphatic carbocycles. The maximum absolute atomic E-state index is 12.4. The van der Waals surface area contributed by atoms with Gasteiger partial charge in [0, 0.05) is 31.8 Å². The van der Waals surface area contributed by atoms with Gasteiger partial charge in [0.1, 0.15) is 0 Å². The molecule has 2 aromatic rings. The highest BCUT2D eigenvalue weighted by molar-refractivity contribution is 7.89. The van der Waals surface area contributed by atoms with Crippen molar-refractivity contribution in [3.8, 4) is 5.75 Å². The van der Waals surface area contributed by atoms with Gasteiger partial charge < -0.3 is 10.1 Å². The first-order chi connectivity index (χ1) is 11.9. The average Bonchev–Trinajstić information content (AvgIpc) is 3.07. The van der Waals surface area contributed by atoms with E-state index in [9.17, 15) is 18.5 Å². The zero-order valence-electron chi connectivity index (χ0n) is 13.9. The second kappa shape index (κ2) is 8.00. The van der Waals surface area contributed by atoms with E-state index in [1.54, 1.807) is 0 Å². The summed E-state index contributed by atoms with van der Waals surface area (Å²) in [5.41, 5.74) is 2.94. The van der Waals surface area contributed by atoms with Crippen molar-refractivity contribution in [3.05, 3.63) is 63.2 Å². The minimum Gasteiger partial charge on any atom is -0.490 e. The largest absolute Gasteiger partial charge is 0.490 e. The summed E-state index contributed by atoms with van der Waals surface area (Å²) in [6.07, 6.45) is 0. The normalized spacial score (nSPS) is 13.0. The van der Waals surface area contributed by atoms with Gasteiger partial charge in [0.05, 0.1) is 16.9 Å². The first-order valence-electron chi connectivity index (χ1n) is 7.54. The van der Waals surface area contributed by atoms with Crippen molar-refractivity contribution in [1.29, 1.82) is 0 Å². The number of fused-ring (bicyclic) bond motifs is 1. The number of rotatable bonds is 6. The highest BCUT2D eigenvalue weighted by atomic mass is 35.5. The van der Waals surface area contributed by atoms with Crippen LogP contribution in [0.3, 0.4) is 0 Å². The number of benzene rings is 2. The molecule has 8 nitrogen and oxygen atoms in total. The van der Waals surface area contributed by atoms with Crippen LogP contribution in [0.5, 0.6) is 5.75 Å². The number of hydrogen-bond donors (Lipinski definition) is 2. The number of nitrogens with one attached hydrogen (secondary N) is 2. The first-order valence-corrected chi connectivity index (χ1v) is 9.02. The Morgan fingerprint density at radius 3 is 2.62 bits per heavy atom. The lowest BCUT2D eigenvalue weighted by Gasteiger charge is -2.09. The Kier molecular flexibility index (Phi) is 6.19. The minimum absolute atomic E-state index is 0. The molecule has 0 radical (unpaired) electrons. The van der Waals surface area contributed by atoms with Gasteiger partial charge in [-0.3, -0.25) is 10.1 Å². The summed E-state index contributed by atoms with van der Waals surface area (Å²) in [5.74, 6) is -0.100. The molecule has 1 heterocycles. The molecule has 0 bridgehead atoms. The van der Waals surface area contributed by atoms with Crippen molar-refractivity contribution < 1.29 is 18.1 Å². The molecule has 0 unspecified atom stereocenters. The van der Waals surface area contributed by atoms with E-state index >= 15 is 0 Å². The summed E-state index contributed by atoms with van der Waals surface area (Å²) in [4.78, 5) is 10.2. The Labute approximate surface area is 157 Å². The van der Waals surface area contributed by atoms with Gasteiger partial charge in [-0.2, -0.15) is 0 Å². The number of ether oxygens (including phenoxy) is 1. The second-order valence-corrected chi connectivity index (χ2v) is 7.39. The average molecular weight is 400 g/mol. The Bertz CT molecular complexity index is 933. The van der Waals surface area contributed by atoms with Crippen LogP contribution in [-0.4, -0.2) is 20.5 Å². The Hall–Kier alpha value is -2.20. The van der Waals surface area contributed by atoms with Crippen molar-refractivity contribution in [1.82, 2.24) is 10.0 Å². The highest BCUT2D eigenvalue weighted by Gasteiger charge is 2.21. The van der Waals surface area contributed by atoms with Crippen LogP contribution in [-0.2, 0) is 29.7 Å². The van der Waals surface area contributed by atoms with Gasteiger partial charge in [-0.1, -0.05) is 18.2 Å². The Balaban J connectivity index is 0.00000243. The van der Waals surface area contributed by atoms with E-state index in [0.717, 1.165) is 36.3 Å². The third kappa shape index (κ3) is 4.13. The van der Waals surface area contributed by atoms with Crippen LogP contribution in [0.2, 0.25) is 0 Å². The smallest absolute Gasteiger partial charge is 0.310 e. The van der Waals surface area contributed by atoms with E-state index in [0.29, 0.717) is 0 Å². The van der Waals surface area contributed by atoms with Crippen molar-refractivity contribution in [2.75, 3.05) is 7.11 Å². The topological polar surface area (TPSA) is 111 Å². The van der Waals surface area contributed by atoms with E-state index in [4.69, 9.17) is 4.74 Å². The summed E-state index contributed by atoms with van der Waals surface area (Å²) < 4.78 is 32.3. The Morgan fingerprint density at radius 1 is 1.19 bits per heavy atom. The third-order valence-electron chi connectivity index (χ3n) is 4.03. The molecule has 2 N–H and O–H groups in total. The quantitative estimate of drug-likeness (QED) is 0.568. The molecule has 2 aromatic carbocycles. The van der Waals surface area contributed by atoms with Crippen LogP contribution >= 0.6 is 12.4 Å². The van der Waals surface area contributed by atoms with Crippen molar-refractivity contribution in [2.24, 2.45) is 0 Å². The van der Waals surface area contributed by atoms with Crippen LogP contribution in [0.4, 0.5) is 5.69 Å². The van der Waals surface area contributed by atoms with Crippen LogP contribution < -0.4 is 14.8 Å². The monoisotopic (exact) mass is 399 g/mol. The lowest BCUT2D eigenvalue weighted by Crippen LogP contribution is -2.23. The lowest BCUT2D eigenvalue weighted by molar-refractivity contribution is -0.385. The van der Waals surface area contributed by atoms with Crippen molar-refractivity contribution >= 4 is 28.1 Å². The van der Waals surface area contributed by atoms with Gasteiger partial charge in [0.2, 0.25) is 10.0 Å². The van der Waals surface area contributed by atoms with Gasteiger partial charge in [-0.05, 0) is 22.8 Å². The number of methoxy groups -OCH3 is 1. The predicted octanol–water partition coefficient (Wildman–Crippen LogP) is 2.11. The van der Waals surface area contributed by atoms with E-state index in [2.05, 4.69) is 10.0 Å². The fourth-order valence-electron chi connectivity index (χ4n) is 2.70. The molecular formula is C16H18ClN3O5S. The highest BCUT2D eigenvalue weighted by Crippen LogP contribution is 2.29. The zero-order valence-corrected chi connectivity index (χ0v) is 15.5. The third-order valence-corrected chi connectivity index (χ3v) is 5.42. The van der Waals surface area contributed by atoms with Gasteiger partial charge in [0.15, 0.2) is 5.75 Å². The molecule has 0 aromatic heterocycles. The minimum atomic E-state index is -3.82. The second-order valence-electron chi connectivity index (χ2n) is 5.62. The fraction of sp³-hybridized carbons (Fsp3) is 0.250. The maximum Gasteiger partial charge on any atom is 0.310 e. The van der Waals surface area contributed by atoms with Gasteiger partial charge in [-0.15, -0.1) is 12.4 Å². The molecule has 0 fully saturated rings. The van der Waals surface area contributed by atoms with Crippen molar-refractivity contribution in [3.63, 3.8) is 0 Å². The zero-order chi connectivity index (χ0) is 18.0. The Morgan fingerprint density at radius 2 is 1.92 bits per heavy atom. The van der Waals surface area contributed by atoms with Gasteiger partial charge >= 0.3 is 5.69 Å². The lowest BCUT2D eigenvalue weighted by atomic mass is 10.1. The maximum atomic E-state index is 12.4. The fourth-order valence-corrected chi connectivity index (χ4v) is 3.73. The first kappa shape index (κ1) is 20.1. The SMILES string of the molecule is COc1cc(S(=O)(=O)NCc2ccc3c(c2)CNC3)ccc1[N+](=O)[O-].Cl. The molecule has 1 aliphatic rings. The number of nitro groups is 1. The molecule has 0 saturated carbocycles. The molecule has 10 heteroatoms. The summed E-state index contributed by atoms with van der Waals surface area (Å²) in [6, 6.07) is 9.28. The molecule has 26 heavy (non-hydrogen) atoms. The van der Waals surface area contributed by atoms with E-state index in [1.807, 2.05) is 18.2 Å². The van der Waals surface area contributed by atoms with Crippen LogP contribution in [0.15, 0.2) is 41.3 Å². The van der Waals surface area contributed by atoms with Gasteiger partial charge in [-0.25, -0.2) is 13.1 Å². The molecule has 0 spiro atoms. The van der Waals surface area contributed by atoms with Crippen LogP contribution in [0.25, 0.3) is 0 Å². The van der Waals surface area contributed by atoms with Gasteiger partial charge in [0.25, 0.3) is 0 Å². The summed E-state index contributed by atoms with van der Waals surface area (Å²) >= 11 is 0.